The van der Waals surface area contributed by atoms with E-state index in [0.717, 1.165) is 18.8 Å². The van der Waals surface area contributed by atoms with E-state index in [1.54, 1.807) is 23.9 Å². The van der Waals surface area contributed by atoms with Crippen molar-refractivity contribution in [1.29, 1.82) is 0 Å². The molecule has 0 radical (unpaired) electrons. The molecule has 1 amide bonds. The maximum absolute atomic E-state index is 12.1. The van der Waals surface area contributed by atoms with Crippen molar-refractivity contribution in [3.8, 4) is 0 Å². The Kier molecular flexibility index (Phi) is 6.33. The topological polar surface area (TPSA) is 82.8 Å². The first-order chi connectivity index (χ1) is 10.6. The van der Waals surface area contributed by atoms with Crippen molar-refractivity contribution in [3.05, 3.63) is 23.7 Å². The molecule has 1 atom stereocenters. The maximum Gasteiger partial charge on any atom is 0.326 e. The van der Waals surface area contributed by atoms with Crippen LogP contribution < -0.4 is 5.32 Å². The van der Waals surface area contributed by atoms with Crippen LogP contribution in [0.4, 0.5) is 0 Å². The van der Waals surface area contributed by atoms with E-state index < -0.39 is 17.9 Å². The van der Waals surface area contributed by atoms with Crippen LogP contribution in [-0.4, -0.2) is 53.0 Å². The zero-order chi connectivity index (χ0) is 15.9. The van der Waals surface area contributed by atoms with E-state index in [2.05, 4.69) is 10.2 Å². The van der Waals surface area contributed by atoms with E-state index in [9.17, 15) is 9.59 Å². The number of carboxylic acid groups (broad SMARTS) is 1. The van der Waals surface area contributed by atoms with Crippen LogP contribution in [0.1, 0.15) is 35.6 Å². The molecule has 0 spiro atoms. The van der Waals surface area contributed by atoms with E-state index >= 15 is 0 Å². The van der Waals surface area contributed by atoms with Gasteiger partial charge in [-0.2, -0.15) is 11.8 Å². The molecule has 1 aliphatic rings. The van der Waals surface area contributed by atoms with Crippen LogP contribution in [0, 0.1) is 0 Å². The number of carboxylic acids is 1. The van der Waals surface area contributed by atoms with Gasteiger partial charge in [0.15, 0.2) is 5.76 Å². The van der Waals surface area contributed by atoms with E-state index in [0.29, 0.717) is 18.7 Å². The smallest absolute Gasteiger partial charge is 0.326 e. The number of likely N-dealkylation sites (tertiary alicyclic amines) is 1. The first-order valence-corrected chi connectivity index (χ1v) is 8.83. The van der Waals surface area contributed by atoms with Crippen molar-refractivity contribution in [1.82, 2.24) is 10.2 Å². The number of carbonyl (C=O) groups excluding carboxylic acids is 1. The molecule has 1 aromatic rings. The minimum atomic E-state index is -1.02. The van der Waals surface area contributed by atoms with E-state index in [1.807, 2.05) is 6.26 Å². The summed E-state index contributed by atoms with van der Waals surface area (Å²) >= 11 is 1.55. The molecule has 0 aromatic carbocycles. The fourth-order valence-electron chi connectivity index (χ4n) is 2.47. The molecular formula is C15H22N2O4S. The molecule has 1 saturated heterocycles. The van der Waals surface area contributed by atoms with Gasteiger partial charge in [0.05, 0.1) is 6.54 Å². The molecule has 1 unspecified atom stereocenters. The lowest BCUT2D eigenvalue weighted by molar-refractivity contribution is -0.139. The van der Waals surface area contributed by atoms with Crippen molar-refractivity contribution >= 4 is 23.6 Å². The summed E-state index contributed by atoms with van der Waals surface area (Å²) in [6, 6.07) is 2.51. The average Bonchev–Trinajstić information content (AvgIpc) is 3.15. The first kappa shape index (κ1) is 16.9. The van der Waals surface area contributed by atoms with Crippen LogP contribution in [0.25, 0.3) is 0 Å². The highest BCUT2D eigenvalue weighted by Gasteiger charge is 2.22. The number of carbonyl (C=O) groups is 2. The number of hydrogen-bond acceptors (Lipinski definition) is 5. The quantitative estimate of drug-likeness (QED) is 0.758. The Balaban J connectivity index is 1.90. The number of aliphatic carboxylic acids is 1. The molecule has 22 heavy (non-hydrogen) atoms. The molecule has 0 aliphatic carbocycles. The predicted octanol–water partition coefficient (Wildman–Crippen LogP) is 1.81. The summed E-state index contributed by atoms with van der Waals surface area (Å²) in [4.78, 5) is 25.5. The second-order valence-corrected chi connectivity index (χ2v) is 6.38. The van der Waals surface area contributed by atoms with E-state index in [1.165, 1.54) is 12.8 Å². The van der Waals surface area contributed by atoms with Crippen molar-refractivity contribution in [2.45, 2.75) is 31.8 Å². The molecule has 1 aromatic heterocycles. The zero-order valence-electron chi connectivity index (χ0n) is 12.7. The Labute approximate surface area is 134 Å². The summed E-state index contributed by atoms with van der Waals surface area (Å²) in [5, 5.41) is 11.6. The third-order valence-electron chi connectivity index (χ3n) is 3.68. The lowest BCUT2D eigenvalue weighted by Gasteiger charge is -2.13. The van der Waals surface area contributed by atoms with E-state index in [4.69, 9.17) is 9.52 Å². The van der Waals surface area contributed by atoms with Crippen molar-refractivity contribution in [2.24, 2.45) is 0 Å². The van der Waals surface area contributed by atoms with Crippen LogP contribution in [-0.2, 0) is 11.3 Å². The average molecular weight is 326 g/mol. The number of rotatable bonds is 8. The molecule has 1 fully saturated rings. The Morgan fingerprint density at radius 2 is 2.14 bits per heavy atom. The zero-order valence-corrected chi connectivity index (χ0v) is 13.5. The van der Waals surface area contributed by atoms with Gasteiger partial charge in [-0.15, -0.1) is 0 Å². The Morgan fingerprint density at radius 3 is 2.77 bits per heavy atom. The molecule has 2 N–H and O–H groups in total. The SMILES string of the molecule is CSCCC(NC(=O)c1ccc(CN2CCCC2)o1)C(=O)O. The standard InChI is InChI=1S/C15H22N2O4S/c1-22-9-6-12(15(19)20)16-14(18)13-5-4-11(21-13)10-17-7-2-3-8-17/h4-5,12H,2-3,6-10H2,1H3,(H,16,18)(H,19,20). The third-order valence-corrected chi connectivity index (χ3v) is 4.32. The number of nitrogens with zero attached hydrogens (tertiary/aromatic N) is 1. The molecule has 2 heterocycles. The van der Waals surface area contributed by atoms with Gasteiger partial charge in [-0.05, 0) is 56.5 Å². The largest absolute Gasteiger partial charge is 0.480 e. The predicted molar refractivity (Wildman–Crippen MR) is 85.1 cm³/mol. The van der Waals surface area contributed by atoms with Crippen LogP contribution >= 0.6 is 11.8 Å². The molecule has 0 bridgehead atoms. The van der Waals surface area contributed by atoms with Crippen molar-refractivity contribution in [2.75, 3.05) is 25.1 Å². The van der Waals surface area contributed by atoms with Crippen LogP contribution in [0.15, 0.2) is 16.5 Å². The summed E-state index contributed by atoms with van der Waals surface area (Å²) in [5.41, 5.74) is 0. The molecule has 6 nitrogen and oxygen atoms in total. The van der Waals surface area contributed by atoms with Gasteiger partial charge in [-0.25, -0.2) is 4.79 Å². The van der Waals surface area contributed by atoms with E-state index in [-0.39, 0.29) is 5.76 Å². The van der Waals surface area contributed by atoms with Gasteiger partial charge in [0.1, 0.15) is 11.8 Å². The number of thioether (sulfide) groups is 1. The normalized spacial score (nSPS) is 16.6. The number of amides is 1. The fraction of sp³-hybridized carbons (Fsp3) is 0.600. The first-order valence-electron chi connectivity index (χ1n) is 7.44. The monoisotopic (exact) mass is 326 g/mol. The van der Waals surface area contributed by atoms with Gasteiger partial charge in [0.25, 0.3) is 5.91 Å². The van der Waals surface area contributed by atoms with Gasteiger partial charge < -0.3 is 14.8 Å². The molecule has 2 rings (SSSR count). The minimum Gasteiger partial charge on any atom is -0.480 e. The molecule has 0 saturated carbocycles. The highest BCUT2D eigenvalue weighted by Crippen LogP contribution is 2.15. The molecular weight excluding hydrogens is 304 g/mol. The summed E-state index contributed by atoms with van der Waals surface area (Å²) < 4.78 is 5.54. The summed E-state index contributed by atoms with van der Waals surface area (Å²) in [5.74, 6) is 0.0929. The summed E-state index contributed by atoms with van der Waals surface area (Å²) in [6.45, 7) is 2.80. The number of nitrogens with one attached hydrogen (secondary N) is 1. The van der Waals surface area contributed by atoms with Gasteiger partial charge in [-0.1, -0.05) is 0 Å². The van der Waals surface area contributed by atoms with Crippen LogP contribution in [0.3, 0.4) is 0 Å². The Morgan fingerprint density at radius 1 is 1.41 bits per heavy atom. The highest BCUT2D eigenvalue weighted by molar-refractivity contribution is 7.98. The Hall–Kier alpha value is -1.47. The Bertz CT molecular complexity index is 511. The minimum absolute atomic E-state index is 0.171. The fourth-order valence-corrected chi connectivity index (χ4v) is 2.94. The lowest BCUT2D eigenvalue weighted by Crippen LogP contribution is -2.41. The summed E-state index contributed by atoms with van der Waals surface area (Å²) in [6.07, 6.45) is 4.69. The maximum atomic E-state index is 12.1. The second kappa shape index (κ2) is 8.24. The number of hydrogen-bond donors (Lipinski definition) is 2. The summed E-state index contributed by atoms with van der Waals surface area (Å²) in [7, 11) is 0. The second-order valence-electron chi connectivity index (χ2n) is 5.39. The van der Waals surface area contributed by atoms with Crippen LogP contribution in [0.2, 0.25) is 0 Å². The van der Waals surface area contributed by atoms with Crippen LogP contribution in [0.5, 0.6) is 0 Å². The molecule has 7 heteroatoms. The highest BCUT2D eigenvalue weighted by atomic mass is 32.2. The number of furan rings is 1. The lowest BCUT2D eigenvalue weighted by atomic mass is 10.2. The van der Waals surface area contributed by atoms with Gasteiger partial charge in [0.2, 0.25) is 0 Å². The van der Waals surface area contributed by atoms with Crippen molar-refractivity contribution in [3.63, 3.8) is 0 Å². The van der Waals surface area contributed by atoms with Crippen molar-refractivity contribution < 1.29 is 19.1 Å². The third kappa shape index (κ3) is 4.78. The molecule has 1 aliphatic heterocycles. The van der Waals surface area contributed by atoms with Gasteiger partial charge in [-0.3, -0.25) is 9.69 Å². The van der Waals surface area contributed by atoms with Gasteiger partial charge in [0, 0.05) is 0 Å². The molecule has 122 valence electrons. The van der Waals surface area contributed by atoms with Gasteiger partial charge >= 0.3 is 5.97 Å².